The van der Waals surface area contributed by atoms with Crippen LogP contribution in [0.2, 0.25) is 0 Å². The Labute approximate surface area is 216 Å². The van der Waals surface area contributed by atoms with Crippen molar-refractivity contribution >= 4 is 17.7 Å². The molecule has 2 aromatic rings. The molecule has 9 heteroatoms. The second-order valence-electron chi connectivity index (χ2n) is 9.78. The summed E-state index contributed by atoms with van der Waals surface area (Å²) in [7, 11) is 1.57. The molecule has 3 amide bonds. The first-order valence-corrected chi connectivity index (χ1v) is 12.8. The van der Waals surface area contributed by atoms with E-state index in [1.165, 1.54) is 0 Å². The molecule has 0 radical (unpaired) electrons. The van der Waals surface area contributed by atoms with E-state index in [2.05, 4.69) is 0 Å². The fourth-order valence-electron chi connectivity index (χ4n) is 5.47. The number of rotatable bonds is 4. The highest BCUT2D eigenvalue weighted by Crippen LogP contribution is 2.39. The number of carbonyl (C=O) groups excluding carboxylic acids is 3. The summed E-state index contributed by atoms with van der Waals surface area (Å²) in [6.07, 6.45) is 0.848. The Balaban J connectivity index is 1.39. The molecular weight excluding hydrogens is 474 g/mol. The van der Waals surface area contributed by atoms with E-state index in [0.717, 1.165) is 5.56 Å². The summed E-state index contributed by atoms with van der Waals surface area (Å²) in [5.41, 5.74) is 1.10. The molecule has 2 aromatic carbocycles. The van der Waals surface area contributed by atoms with E-state index in [1.807, 2.05) is 25.1 Å². The number of morpholine rings is 1. The predicted octanol–water partition coefficient (Wildman–Crippen LogP) is 2.34. The molecule has 5 rings (SSSR count). The Morgan fingerprint density at radius 1 is 0.892 bits per heavy atom. The maximum Gasteiger partial charge on any atom is 0.256 e. The van der Waals surface area contributed by atoms with Crippen molar-refractivity contribution in [3.05, 3.63) is 65.2 Å². The van der Waals surface area contributed by atoms with Crippen molar-refractivity contribution in [1.29, 1.82) is 0 Å². The number of aryl methyl sites for hydroxylation is 1. The average molecular weight is 508 g/mol. The average Bonchev–Trinajstić information content (AvgIpc) is 3.31. The number of carbonyl (C=O) groups is 3. The van der Waals surface area contributed by atoms with Crippen molar-refractivity contribution in [3.8, 4) is 5.75 Å². The molecule has 3 aliphatic heterocycles. The zero-order valence-corrected chi connectivity index (χ0v) is 21.4. The minimum absolute atomic E-state index is 0.0933. The minimum Gasteiger partial charge on any atom is -0.497 e. The van der Waals surface area contributed by atoms with Crippen LogP contribution in [-0.2, 0) is 14.3 Å². The number of ether oxygens (including phenoxy) is 3. The summed E-state index contributed by atoms with van der Waals surface area (Å²) in [5.74, 6) is 0.193. The molecule has 9 nitrogen and oxygen atoms in total. The lowest BCUT2D eigenvalue weighted by Gasteiger charge is -2.45. The summed E-state index contributed by atoms with van der Waals surface area (Å²) >= 11 is 0. The van der Waals surface area contributed by atoms with Gasteiger partial charge in [-0.2, -0.15) is 0 Å². The molecule has 3 heterocycles. The van der Waals surface area contributed by atoms with E-state index >= 15 is 0 Å². The third-order valence-electron chi connectivity index (χ3n) is 7.50. The second kappa shape index (κ2) is 10.5. The lowest BCUT2D eigenvalue weighted by Crippen LogP contribution is -2.60. The van der Waals surface area contributed by atoms with Crippen LogP contribution in [0.3, 0.4) is 0 Å². The molecule has 0 aromatic heterocycles. The number of methoxy groups -OCH3 is 1. The van der Waals surface area contributed by atoms with Gasteiger partial charge in [0.1, 0.15) is 17.5 Å². The van der Waals surface area contributed by atoms with Crippen molar-refractivity contribution in [1.82, 2.24) is 14.7 Å². The van der Waals surface area contributed by atoms with E-state index in [4.69, 9.17) is 14.2 Å². The second-order valence-corrected chi connectivity index (χ2v) is 9.78. The topological polar surface area (TPSA) is 88.6 Å². The van der Waals surface area contributed by atoms with Gasteiger partial charge in [-0.05, 0) is 37.3 Å². The van der Waals surface area contributed by atoms with Gasteiger partial charge in [-0.3, -0.25) is 19.3 Å². The van der Waals surface area contributed by atoms with Gasteiger partial charge in [0.25, 0.3) is 11.8 Å². The van der Waals surface area contributed by atoms with Crippen LogP contribution in [0.25, 0.3) is 0 Å². The normalized spacial score (nSPS) is 21.2. The molecule has 0 aliphatic carbocycles. The first-order chi connectivity index (χ1) is 17.9. The largest absolute Gasteiger partial charge is 0.497 e. The zero-order chi connectivity index (χ0) is 26.0. The lowest BCUT2D eigenvalue weighted by molar-refractivity contribution is -0.141. The molecule has 196 valence electrons. The Hall–Kier alpha value is -3.43. The van der Waals surface area contributed by atoms with Crippen LogP contribution in [0.1, 0.15) is 39.1 Å². The van der Waals surface area contributed by atoms with Crippen LogP contribution in [0.4, 0.5) is 0 Å². The van der Waals surface area contributed by atoms with Gasteiger partial charge in [-0.25, -0.2) is 0 Å². The quantitative estimate of drug-likeness (QED) is 0.631. The Bertz CT molecular complexity index is 1170. The van der Waals surface area contributed by atoms with E-state index in [9.17, 15) is 14.4 Å². The van der Waals surface area contributed by atoms with Gasteiger partial charge in [0.15, 0.2) is 0 Å². The summed E-state index contributed by atoms with van der Waals surface area (Å²) < 4.78 is 17.0. The number of hydrogen-bond donors (Lipinski definition) is 0. The standard InChI is InChI=1S/C28H33N3O6/c1-20-5-3-6-21(17-20)26(33)31-24(27(34)30-13-15-36-16-14-30)19-37-28(31)9-11-29(12-10-28)25(32)22-7-4-8-23(18-22)35-2/h3-8,17-18,24H,9-16,19H2,1-2H3/t24-/m0/s1. The third-order valence-corrected chi connectivity index (χ3v) is 7.50. The van der Waals surface area contributed by atoms with Gasteiger partial charge >= 0.3 is 0 Å². The molecule has 0 N–H and O–H groups in total. The number of benzene rings is 2. The zero-order valence-electron chi connectivity index (χ0n) is 21.4. The molecule has 3 saturated heterocycles. The van der Waals surface area contributed by atoms with Gasteiger partial charge in [0.2, 0.25) is 5.91 Å². The molecular formula is C28H33N3O6. The summed E-state index contributed by atoms with van der Waals surface area (Å²) in [5, 5.41) is 0. The van der Waals surface area contributed by atoms with Crippen LogP contribution < -0.4 is 4.74 Å². The SMILES string of the molecule is COc1cccc(C(=O)N2CCC3(CC2)OC[C@@H](C(=O)N2CCOCC2)N3C(=O)c2cccc(C)c2)c1. The molecule has 37 heavy (non-hydrogen) atoms. The first kappa shape index (κ1) is 25.2. The maximum atomic E-state index is 13.9. The molecule has 3 aliphatic rings. The van der Waals surface area contributed by atoms with Gasteiger partial charge in [-0.1, -0.05) is 23.8 Å². The van der Waals surface area contributed by atoms with Crippen molar-refractivity contribution in [2.45, 2.75) is 31.5 Å². The predicted molar refractivity (Wildman–Crippen MR) is 135 cm³/mol. The molecule has 1 atom stereocenters. The van der Waals surface area contributed by atoms with Crippen LogP contribution in [0, 0.1) is 6.92 Å². The van der Waals surface area contributed by atoms with E-state index in [0.29, 0.717) is 69.1 Å². The van der Waals surface area contributed by atoms with Crippen LogP contribution in [0.15, 0.2) is 48.5 Å². The third kappa shape index (κ3) is 4.93. The molecule has 0 saturated carbocycles. The van der Waals surface area contributed by atoms with Crippen LogP contribution >= 0.6 is 0 Å². The number of amides is 3. The molecule has 0 bridgehead atoms. The highest BCUT2D eigenvalue weighted by Gasteiger charge is 2.55. The van der Waals surface area contributed by atoms with E-state index in [1.54, 1.807) is 52.1 Å². The number of piperidine rings is 1. The monoisotopic (exact) mass is 507 g/mol. The molecule has 1 spiro atoms. The Morgan fingerprint density at radius 3 is 2.24 bits per heavy atom. The highest BCUT2D eigenvalue weighted by atomic mass is 16.5. The van der Waals surface area contributed by atoms with Crippen molar-refractivity contribution in [3.63, 3.8) is 0 Å². The van der Waals surface area contributed by atoms with Crippen LogP contribution in [-0.4, -0.2) is 97.3 Å². The van der Waals surface area contributed by atoms with Gasteiger partial charge in [0.05, 0.1) is 26.9 Å². The summed E-state index contributed by atoms with van der Waals surface area (Å²) in [6, 6.07) is 13.8. The van der Waals surface area contributed by atoms with Gasteiger partial charge in [-0.15, -0.1) is 0 Å². The number of hydrogen-bond acceptors (Lipinski definition) is 6. The Morgan fingerprint density at radius 2 is 1.57 bits per heavy atom. The number of likely N-dealkylation sites (tertiary alicyclic amines) is 1. The summed E-state index contributed by atoms with van der Waals surface area (Å²) in [6.45, 7) is 4.85. The first-order valence-electron chi connectivity index (χ1n) is 12.8. The van der Waals surface area contributed by atoms with E-state index in [-0.39, 0.29) is 24.3 Å². The highest BCUT2D eigenvalue weighted by molar-refractivity contribution is 5.99. The van der Waals surface area contributed by atoms with Crippen molar-refractivity contribution < 1.29 is 28.6 Å². The van der Waals surface area contributed by atoms with Crippen LogP contribution in [0.5, 0.6) is 5.75 Å². The minimum atomic E-state index is -0.946. The molecule has 0 unspecified atom stereocenters. The smallest absolute Gasteiger partial charge is 0.256 e. The lowest BCUT2D eigenvalue weighted by atomic mass is 9.95. The summed E-state index contributed by atoms with van der Waals surface area (Å²) in [4.78, 5) is 45.9. The Kier molecular flexibility index (Phi) is 7.17. The maximum absolute atomic E-state index is 13.9. The fraction of sp³-hybridized carbons (Fsp3) is 0.464. The van der Waals surface area contributed by atoms with Crippen molar-refractivity contribution in [2.24, 2.45) is 0 Å². The van der Waals surface area contributed by atoms with E-state index < -0.39 is 11.8 Å². The van der Waals surface area contributed by atoms with Gasteiger partial charge < -0.3 is 24.0 Å². The fourth-order valence-corrected chi connectivity index (χ4v) is 5.47. The van der Waals surface area contributed by atoms with Crippen molar-refractivity contribution in [2.75, 3.05) is 53.1 Å². The number of nitrogens with zero attached hydrogens (tertiary/aromatic N) is 3. The van der Waals surface area contributed by atoms with Gasteiger partial charge in [0, 0.05) is 50.1 Å². The molecule has 3 fully saturated rings.